The molecule has 0 saturated heterocycles. The second-order valence-corrected chi connectivity index (χ2v) is 3.42. The quantitative estimate of drug-likeness (QED) is 0.648. The predicted molar refractivity (Wildman–Crippen MR) is 58.2 cm³/mol. The van der Waals surface area contributed by atoms with Gasteiger partial charge in [-0.05, 0) is 23.8 Å². The maximum Gasteiger partial charge on any atom is 0.182 e. The van der Waals surface area contributed by atoms with Gasteiger partial charge in [-0.15, -0.1) is 0 Å². The van der Waals surface area contributed by atoms with Crippen molar-refractivity contribution >= 4 is 17.6 Å². The van der Waals surface area contributed by atoms with Crippen LogP contribution >= 0.6 is 0 Å². The summed E-state index contributed by atoms with van der Waals surface area (Å²) in [4.78, 5) is 22.6. The number of allylic oxidation sites excluding steroid dienone is 3. The van der Waals surface area contributed by atoms with Crippen LogP contribution in [0.4, 0.5) is 0 Å². The first kappa shape index (κ1) is 9.59. The van der Waals surface area contributed by atoms with Crippen molar-refractivity contribution < 1.29 is 9.59 Å². The molecule has 15 heavy (non-hydrogen) atoms. The minimum Gasteiger partial charge on any atom is -0.294 e. The van der Waals surface area contributed by atoms with Crippen LogP contribution in [0.25, 0.3) is 6.08 Å². The van der Waals surface area contributed by atoms with E-state index in [0.717, 1.165) is 5.56 Å². The minimum absolute atomic E-state index is 0.0169. The molecule has 2 heteroatoms. The van der Waals surface area contributed by atoms with Gasteiger partial charge in [-0.1, -0.05) is 30.3 Å². The van der Waals surface area contributed by atoms with Crippen LogP contribution in [0.3, 0.4) is 0 Å². The van der Waals surface area contributed by atoms with Crippen molar-refractivity contribution in [2.45, 2.75) is 6.42 Å². The Morgan fingerprint density at radius 2 is 1.73 bits per heavy atom. The average molecular weight is 198 g/mol. The van der Waals surface area contributed by atoms with Gasteiger partial charge in [-0.25, -0.2) is 0 Å². The molecular weight excluding hydrogens is 188 g/mol. The Labute approximate surface area is 87.9 Å². The summed E-state index contributed by atoms with van der Waals surface area (Å²) >= 11 is 0. The van der Waals surface area contributed by atoms with Crippen LogP contribution in [0.1, 0.15) is 12.0 Å². The Hall–Kier alpha value is -1.96. The van der Waals surface area contributed by atoms with Crippen molar-refractivity contribution in [1.82, 2.24) is 0 Å². The molecule has 0 unspecified atom stereocenters. The van der Waals surface area contributed by atoms with E-state index < -0.39 is 0 Å². The van der Waals surface area contributed by atoms with E-state index in [1.165, 1.54) is 12.2 Å². The summed E-state index contributed by atoms with van der Waals surface area (Å²) in [5.41, 5.74) is 1.51. The molecule has 1 aliphatic carbocycles. The molecule has 74 valence electrons. The Morgan fingerprint density at radius 3 is 2.47 bits per heavy atom. The maximum atomic E-state index is 11.4. The van der Waals surface area contributed by atoms with Gasteiger partial charge < -0.3 is 0 Å². The molecule has 0 saturated carbocycles. The van der Waals surface area contributed by atoms with Gasteiger partial charge in [0.05, 0.1) is 0 Å². The molecule has 0 fully saturated rings. The molecule has 0 atom stereocenters. The maximum absolute atomic E-state index is 11.4. The Balaban J connectivity index is 2.32. The highest BCUT2D eigenvalue weighted by Gasteiger charge is 2.15. The monoisotopic (exact) mass is 198 g/mol. The van der Waals surface area contributed by atoms with Crippen LogP contribution in [-0.4, -0.2) is 11.6 Å². The Morgan fingerprint density at radius 1 is 1.00 bits per heavy atom. The van der Waals surface area contributed by atoms with Crippen molar-refractivity contribution in [2.24, 2.45) is 0 Å². The molecule has 0 bridgehead atoms. The highest BCUT2D eigenvalue weighted by Crippen LogP contribution is 2.15. The minimum atomic E-state index is -0.0709. The largest absolute Gasteiger partial charge is 0.294 e. The second kappa shape index (κ2) is 4.05. The van der Waals surface area contributed by atoms with E-state index in [1.54, 1.807) is 6.08 Å². The molecule has 0 aromatic heterocycles. The molecule has 1 aliphatic rings. The molecule has 2 nitrogen and oxygen atoms in total. The summed E-state index contributed by atoms with van der Waals surface area (Å²) in [6, 6.07) is 9.52. The fourth-order valence-corrected chi connectivity index (χ4v) is 1.48. The summed E-state index contributed by atoms with van der Waals surface area (Å²) in [6.45, 7) is 0. The lowest BCUT2D eigenvalue weighted by Gasteiger charge is -2.06. The zero-order valence-corrected chi connectivity index (χ0v) is 8.14. The van der Waals surface area contributed by atoms with Crippen LogP contribution in [0, 0.1) is 0 Å². The molecule has 0 spiro atoms. The third kappa shape index (κ3) is 2.29. The van der Waals surface area contributed by atoms with E-state index in [0.29, 0.717) is 5.57 Å². The first-order chi connectivity index (χ1) is 7.25. The fourth-order valence-electron chi connectivity index (χ4n) is 1.48. The number of ketones is 2. The van der Waals surface area contributed by atoms with Crippen LogP contribution in [0.5, 0.6) is 0 Å². The van der Waals surface area contributed by atoms with Crippen LogP contribution in [-0.2, 0) is 9.59 Å². The number of benzene rings is 1. The number of hydrogen-bond acceptors (Lipinski definition) is 2. The summed E-state index contributed by atoms with van der Waals surface area (Å²) in [5.74, 6) is -0.0877. The predicted octanol–water partition coefficient (Wildman–Crippen LogP) is 2.17. The first-order valence-corrected chi connectivity index (χ1v) is 4.76. The lowest BCUT2D eigenvalue weighted by Crippen LogP contribution is -2.10. The zero-order chi connectivity index (χ0) is 10.7. The van der Waals surface area contributed by atoms with Crippen LogP contribution in [0.15, 0.2) is 48.1 Å². The van der Waals surface area contributed by atoms with Crippen molar-refractivity contribution in [1.29, 1.82) is 0 Å². The molecule has 0 heterocycles. The smallest absolute Gasteiger partial charge is 0.182 e. The highest BCUT2D eigenvalue weighted by atomic mass is 16.1. The Bertz CT molecular complexity index is 453. The zero-order valence-electron chi connectivity index (χ0n) is 8.14. The van der Waals surface area contributed by atoms with E-state index in [-0.39, 0.29) is 18.0 Å². The van der Waals surface area contributed by atoms with Crippen molar-refractivity contribution in [3.05, 3.63) is 53.6 Å². The van der Waals surface area contributed by atoms with E-state index in [1.807, 2.05) is 30.3 Å². The first-order valence-electron chi connectivity index (χ1n) is 4.76. The SMILES string of the molecule is O=C1C=CC(=O)C(=Cc2ccccc2)C1. The van der Waals surface area contributed by atoms with E-state index in [9.17, 15) is 9.59 Å². The highest BCUT2D eigenvalue weighted by molar-refractivity contribution is 6.16. The molecule has 2 rings (SSSR count). The summed E-state index contributed by atoms with van der Waals surface area (Å²) in [7, 11) is 0. The standard InChI is InChI=1S/C13H10O2/c14-12-6-7-13(15)11(9-12)8-10-4-2-1-3-5-10/h1-8H,9H2. The summed E-state index contributed by atoms with van der Waals surface area (Å²) in [6.07, 6.45) is 4.65. The molecule has 0 radical (unpaired) electrons. The number of rotatable bonds is 1. The number of carbonyl (C=O) groups is 2. The average Bonchev–Trinajstić information content (AvgIpc) is 2.25. The van der Waals surface area contributed by atoms with Gasteiger partial charge in [0.15, 0.2) is 11.6 Å². The normalized spacial score (nSPS) is 18.5. The van der Waals surface area contributed by atoms with Crippen molar-refractivity contribution in [2.75, 3.05) is 0 Å². The van der Waals surface area contributed by atoms with Crippen molar-refractivity contribution in [3.8, 4) is 0 Å². The van der Waals surface area contributed by atoms with Gasteiger partial charge in [-0.2, -0.15) is 0 Å². The van der Waals surface area contributed by atoms with Gasteiger partial charge >= 0.3 is 0 Å². The molecule has 0 N–H and O–H groups in total. The Kier molecular flexibility index (Phi) is 2.59. The lowest BCUT2D eigenvalue weighted by molar-refractivity contribution is -0.117. The summed E-state index contributed by atoms with van der Waals surface area (Å²) in [5, 5.41) is 0. The van der Waals surface area contributed by atoms with Gasteiger partial charge in [0.1, 0.15) is 0 Å². The van der Waals surface area contributed by atoms with Gasteiger partial charge in [0, 0.05) is 12.0 Å². The third-order valence-corrected chi connectivity index (χ3v) is 2.24. The number of carbonyl (C=O) groups excluding carboxylic acids is 2. The fraction of sp³-hybridized carbons (Fsp3) is 0.0769. The van der Waals surface area contributed by atoms with Gasteiger partial charge in [-0.3, -0.25) is 9.59 Å². The lowest BCUT2D eigenvalue weighted by atomic mass is 9.97. The molecule has 0 amide bonds. The van der Waals surface area contributed by atoms with E-state index in [4.69, 9.17) is 0 Å². The van der Waals surface area contributed by atoms with Gasteiger partial charge in [0.2, 0.25) is 0 Å². The molecular formula is C13H10O2. The number of hydrogen-bond donors (Lipinski definition) is 0. The van der Waals surface area contributed by atoms with Crippen LogP contribution in [0.2, 0.25) is 0 Å². The van der Waals surface area contributed by atoms with Crippen molar-refractivity contribution in [3.63, 3.8) is 0 Å². The molecule has 1 aromatic rings. The van der Waals surface area contributed by atoms with E-state index >= 15 is 0 Å². The van der Waals surface area contributed by atoms with E-state index in [2.05, 4.69) is 0 Å². The third-order valence-electron chi connectivity index (χ3n) is 2.24. The van der Waals surface area contributed by atoms with Gasteiger partial charge in [0.25, 0.3) is 0 Å². The van der Waals surface area contributed by atoms with Crippen LogP contribution < -0.4 is 0 Å². The topological polar surface area (TPSA) is 34.1 Å². The molecule has 1 aromatic carbocycles. The summed E-state index contributed by atoms with van der Waals surface area (Å²) < 4.78 is 0. The second-order valence-electron chi connectivity index (χ2n) is 3.42. The molecule has 0 aliphatic heterocycles.